The van der Waals surface area contributed by atoms with Gasteiger partial charge in [-0.3, -0.25) is 0 Å². The molecular weight excluding hydrogens is 114 g/mol. The Bertz CT molecular complexity index is 71.3. The number of aliphatic hydroxyl groups is 1. The highest BCUT2D eigenvalue weighted by molar-refractivity contribution is 4.72. The van der Waals surface area contributed by atoms with Gasteiger partial charge in [0.05, 0.1) is 5.60 Å². The fourth-order valence-corrected chi connectivity index (χ4v) is 0.660. The first-order valence-electron chi connectivity index (χ1n) is 3.55. The molecule has 0 radical (unpaired) electrons. The number of hydrogen-bond donors (Lipinski definition) is 2. The van der Waals surface area contributed by atoms with Gasteiger partial charge < -0.3 is 10.8 Å². The maximum atomic E-state index is 9.33. The standard InChI is InChI=1S/C7H17NO/c1-3-4-5-7(2,9)6-8/h9H,3-6,8H2,1-2H3/t7-/m0/s1. The lowest BCUT2D eigenvalue weighted by molar-refractivity contribution is 0.0577. The average molecular weight is 131 g/mol. The summed E-state index contributed by atoms with van der Waals surface area (Å²) in [5.74, 6) is 0. The van der Waals surface area contributed by atoms with Crippen molar-refractivity contribution in [2.24, 2.45) is 5.73 Å². The van der Waals surface area contributed by atoms with Crippen molar-refractivity contribution in [3.63, 3.8) is 0 Å². The van der Waals surface area contributed by atoms with Crippen molar-refractivity contribution < 1.29 is 5.11 Å². The van der Waals surface area contributed by atoms with Crippen molar-refractivity contribution in [1.29, 1.82) is 0 Å². The van der Waals surface area contributed by atoms with Gasteiger partial charge in [-0.25, -0.2) is 0 Å². The summed E-state index contributed by atoms with van der Waals surface area (Å²) in [6.07, 6.45) is 3.00. The molecule has 1 atom stereocenters. The van der Waals surface area contributed by atoms with Gasteiger partial charge in [0, 0.05) is 6.54 Å². The third-order valence-corrected chi connectivity index (χ3v) is 1.51. The van der Waals surface area contributed by atoms with Gasteiger partial charge in [-0.2, -0.15) is 0 Å². The predicted molar refractivity (Wildman–Crippen MR) is 39.2 cm³/mol. The highest BCUT2D eigenvalue weighted by Gasteiger charge is 2.15. The molecule has 0 fully saturated rings. The predicted octanol–water partition coefficient (Wildman–Crippen LogP) is 0.886. The maximum absolute atomic E-state index is 9.33. The van der Waals surface area contributed by atoms with Crippen LogP contribution in [0, 0.1) is 0 Å². The molecule has 0 heterocycles. The first-order chi connectivity index (χ1) is 4.12. The minimum atomic E-state index is -0.629. The molecule has 0 spiro atoms. The minimum absolute atomic E-state index is 0.368. The Labute approximate surface area is 57.1 Å². The first-order valence-corrected chi connectivity index (χ1v) is 3.55. The number of nitrogens with two attached hydrogens (primary N) is 1. The van der Waals surface area contributed by atoms with Crippen molar-refractivity contribution in [2.75, 3.05) is 6.54 Å². The minimum Gasteiger partial charge on any atom is -0.389 e. The molecule has 0 rings (SSSR count). The van der Waals surface area contributed by atoms with E-state index in [2.05, 4.69) is 6.92 Å². The molecule has 0 aliphatic carbocycles. The molecule has 9 heavy (non-hydrogen) atoms. The molecule has 2 heteroatoms. The van der Waals surface area contributed by atoms with Crippen LogP contribution in [0.25, 0.3) is 0 Å². The molecule has 3 N–H and O–H groups in total. The normalized spacial score (nSPS) is 17.3. The van der Waals surface area contributed by atoms with E-state index < -0.39 is 5.60 Å². The average Bonchev–Trinajstić information content (AvgIpc) is 1.84. The van der Waals surface area contributed by atoms with Crippen LogP contribution in [0.4, 0.5) is 0 Å². The Morgan fingerprint density at radius 3 is 2.44 bits per heavy atom. The lowest BCUT2D eigenvalue weighted by atomic mass is 10.00. The number of unbranched alkanes of at least 4 members (excludes halogenated alkanes) is 1. The zero-order valence-corrected chi connectivity index (χ0v) is 6.35. The SMILES string of the molecule is CCCC[C@](C)(O)CN. The van der Waals surface area contributed by atoms with E-state index in [9.17, 15) is 5.11 Å². The van der Waals surface area contributed by atoms with E-state index in [1.54, 1.807) is 6.92 Å². The van der Waals surface area contributed by atoms with Crippen LogP contribution in [-0.2, 0) is 0 Å². The van der Waals surface area contributed by atoms with Crippen molar-refractivity contribution in [1.82, 2.24) is 0 Å². The Hall–Kier alpha value is -0.0800. The van der Waals surface area contributed by atoms with Crippen LogP contribution in [0.15, 0.2) is 0 Å². The molecule has 0 bridgehead atoms. The van der Waals surface area contributed by atoms with Crippen LogP contribution >= 0.6 is 0 Å². The van der Waals surface area contributed by atoms with E-state index in [0.717, 1.165) is 19.3 Å². The molecule has 0 aliphatic rings. The lowest BCUT2D eigenvalue weighted by Gasteiger charge is -2.19. The molecule has 0 aromatic carbocycles. The van der Waals surface area contributed by atoms with Crippen molar-refractivity contribution in [2.45, 2.75) is 38.7 Å². The van der Waals surface area contributed by atoms with Gasteiger partial charge in [0.25, 0.3) is 0 Å². The topological polar surface area (TPSA) is 46.2 Å². The summed E-state index contributed by atoms with van der Waals surface area (Å²) in [5.41, 5.74) is 4.67. The van der Waals surface area contributed by atoms with Gasteiger partial charge in [-0.05, 0) is 13.3 Å². The lowest BCUT2D eigenvalue weighted by Crippen LogP contribution is -2.33. The third-order valence-electron chi connectivity index (χ3n) is 1.51. The molecule has 0 saturated heterocycles. The molecule has 56 valence electrons. The summed E-state index contributed by atoms with van der Waals surface area (Å²) in [5, 5.41) is 9.33. The van der Waals surface area contributed by atoms with Crippen LogP contribution in [0.3, 0.4) is 0 Å². The second kappa shape index (κ2) is 3.85. The summed E-state index contributed by atoms with van der Waals surface area (Å²) in [6.45, 7) is 4.25. The quantitative estimate of drug-likeness (QED) is 0.595. The van der Waals surface area contributed by atoms with E-state index in [1.165, 1.54) is 0 Å². The summed E-state index contributed by atoms with van der Waals surface area (Å²) in [4.78, 5) is 0. The van der Waals surface area contributed by atoms with E-state index in [4.69, 9.17) is 5.73 Å². The zero-order chi connectivity index (χ0) is 7.33. The van der Waals surface area contributed by atoms with E-state index >= 15 is 0 Å². The summed E-state index contributed by atoms with van der Waals surface area (Å²) in [7, 11) is 0. The first kappa shape index (κ1) is 8.92. The zero-order valence-electron chi connectivity index (χ0n) is 6.35. The molecule has 0 aromatic rings. The fraction of sp³-hybridized carbons (Fsp3) is 1.00. The fourth-order valence-electron chi connectivity index (χ4n) is 0.660. The largest absolute Gasteiger partial charge is 0.389 e. The summed E-state index contributed by atoms with van der Waals surface area (Å²) in [6, 6.07) is 0. The smallest absolute Gasteiger partial charge is 0.0741 e. The van der Waals surface area contributed by atoms with Gasteiger partial charge in [-0.1, -0.05) is 19.8 Å². The number of hydrogen-bond acceptors (Lipinski definition) is 2. The summed E-state index contributed by atoms with van der Waals surface area (Å²) < 4.78 is 0. The molecule has 0 unspecified atom stereocenters. The highest BCUT2D eigenvalue weighted by atomic mass is 16.3. The van der Waals surface area contributed by atoms with Gasteiger partial charge in [-0.15, -0.1) is 0 Å². The van der Waals surface area contributed by atoms with Crippen LogP contribution in [0.1, 0.15) is 33.1 Å². The van der Waals surface area contributed by atoms with Gasteiger partial charge >= 0.3 is 0 Å². The second-order valence-corrected chi connectivity index (χ2v) is 2.80. The van der Waals surface area contributed by atoms with Crippen molar-refractivity contribution in [3.05, 3.63) is 0 Å². The Morgan fingerprint density at radius 2 is 2.11 bits per heavy atom. The molecule has 2 nitrogen and oxygen atoms in total. The Kier molecular flexibility index (Phi) is 3.82. The Morgan fingerprint density at radius 1 is 1.56 bits per heavy atom. The summed E-state index contributed by atoms with van der Waals surface area (Å²) >= 11 is 0. The van der Waals surface area contributed by atoms with Gasteiger partial charge in [0.1, 0.15) is 0 Å². The van der Waals surface area contributed by atoms with Gasteiger partial charge in [0.15, 0.2) is 0 Å². The highest BCUT2D eigenvalue weighted by Crippen LogP contribution is 2.10. The monoisotopic (exact) mass is 131 g/mol. The van der Waals surface area contributed by atoms with Crippen LogP contribution in [0.5, 0.6) is 0 Å². The molecule has 0 aromatic heterocycles. The van der Waals surface area contributed by atoms with E-state index in [1.807, 2.05) is 0 Å². The molecular formula is C7H17NO. The van der Waals surface area contributed by atoms with Crippen LogP contribution < -0.4 is 5.73 Å². The molecule has 0 aliphatic heterocycles. The second-order valence-electron chi connectivity index (χ2n) is 2.80. The maximum Gasteiger partial charge on any atom is 0.0741 e. The van der Waals surface area contributed by atoms with Crippen LogP contribution in [-0.4, -0.2) is 17.3 Å². The van der Waals surface area contributed by atoms with Crippen molar-refractivity contribution >= 4 is 0 Å². The number of rotatable bonds is 4. The third kappa shape index (κ3) is 4.43. The van der Waals surface area contributed by atoms with E-state index in [-0.39, 0.29) is 0 Å². The van der Waals surface area contributed by atoms with Gasteiger partial charge in [0.2, 0.25) is 0 Å². The molecule has 0 saturated carbocycles. The Balaban J connectivity index is 3.33. The van der Waals surface area contributed by atoms with E-state index in [0.29, 0.717) is 6.54 Å². The molecule has 0 amide bonds. The van der Waals surface area contributed by atoms with Crippen LogP contribution in [0.2, 0.25) is 0 Å². The van der Waals surface area contributed by atoms with Crippen molar-refractivity contribution in [3.8, 4) is 0 Å².